The van der Waals surface area contributed by atoms with Crippen molar-refractivity contribution < 1.29 is 9.90 Å². The maximum Gasteiger partial charge on any atom is 0.304 e. The molecule has 0 rings (SSSR count). The van der Waals surface area contributed by atoms with Crippen molar-refractivity contribution >= 4 is 40.8 Å². The summed E-state index contributed by atoms with van der Waals surface area (Å²) in [5, 5.41) is 7.80. The smallest absolute Gasteiger partial charge is 0.304 e. The van der Waals surface area contributed by atoms with Gasteiger partial charge in [-0.25, -0.2) is 0 Å². The van der Waals surface area contributed by atoms with E-state index >= 15 is 0 Å². The molecule has 0 aliphatic heterocycles. The highest BCUT2D eigenvalue weighted by Crippen LogP contribution is 2.28. The number of rotatable bonds is 4. The minimum absolute atomic E-state index is 0.114. The first-order valence-corrected chi connectivity index (χ1v) is 4.24. The molecule has 66 valence electrons. The molecule has 0 aliphatic carbocycles. The van der Waals surface area contributed by atoms with Crippen molar-refractivity contribution in [2.24, 2.45) is 0 Å². The summed E-state index contributed by atoms with van der Waals surface area (Å²) in [7, 11) is 0. The third kappa shape index (κ3) is 8.24. The number of hydrogen-bond acceptors (Lipinski definition) is 1. The van der Waals surface area contributed by atoms with E-state index in [9.17, 15) is 4.79 Å². The van der Waals surface area contributed by atoms with Crippen molar-refractivity contribution in [2.45, 2.75) is 29.5 Å². The molecular weight excluding hydrogens is 210 g/mol. The molecule has 0 saturated carbocycles. The van der Waals surface area contributed by atoms with Gasteiger partial charge in [0.1, 0.15) is 4.33 Å². The first-order valence-electron chi connectivity index (χ1n) is 3.05. The predicted octanol–water partition coefficient (Wildman–Crippen LogP) is 2.65. The van der Waals surface area contributed by atoms with Gasteiger partial charge in [0, 0.05) is 5.38 Å². The van der Waals surface area contributed by atoms with Crippen LogP contribution in [0.25, 0.3) is 0 Å². The highest BCUT2D eigenvalue weighted by molar-refractivity contribution is 6.48. The molecule has 0 aromatic heterocycles. The van der Waals surface area contributed by atoms with Crippen LogP contribution in [-0.2, 0) is 4.79 Å². The Kier molecular flexibility index (Phi) is 4.52. The predicted molar refractivity (Wildman–Crippen MR) is 46.6 cm³/mol. The van der Waals surface area contributed by atoms with Gasteiger partial charge in [-0.1, -0.05) is 0 Å². The fraction of sp³-hybridized carbons (Fsp3) is 0.833. The molecule has 0 fully saturated rings. The molecule has 0 aromatic carbocycles. The van der Waals surface area contributed by atoms with Crippen molar-refractivity contribution in [3.05, 3.63) is 0 Å². The lowest BCUT2D eigenvalue weighted by molar-refractivity contribution is -0.137. The lowest BCUT2D eigenvalue weighted by atomic mass is 10.2. The van der Waals surface area contributed by atoms with Crippen LogP contribution < -0.4 is 0 Å². The van der Waals surface area contributed by atoms with Crippen LogP contribution in [0, 0.1) is 0 Å². The minimum atomic E-state index is -0.943. The molecule has 1 unspecified atom stereocenters. The Morgan fingerprint density at radius 3 is 2.36 bits per heavy atom. The average molecular weight is 219 g/mol. The molecule has 0 heterocycles. The number of alkyl halides is 3. The van der Waals surface area contributed by atoms with Crippen LogP contribution in [0.1, 0.15) is 19.8 Å². The van der Waals surface area contributed by atoms with Gasteiger partial charge in [-0.2, -0.15) is 0 Å². The standard InChI is InChI=1S/C6H9Cl3O2/c1-6(8,9)3-4(7)2-5(10)11/h4H,2-3H2,1H3,(H,10,11). The van der Waals surface area contributed by atoms with E-state index in [0.717, 1.165) is 0 Å². The Morgan fingerprint density at radius 2 is 2.09 bits per heavy atom. The first kappa shape index (κ1) is 11.3. The summed E-state index contributed by atoms with van der Waals surface area (Å²) in [6.07, 6.45) is 0.153. The fourth-order valence-electron chi connectivity index (χ4n) is 0.651. The van der Waals surface area contributed by atoms with Gasteiger partial charge in [-0.15, -0.1) is 34.8 Å². The van der Waals surface area contributed by atoms with Crippen LogP contribution in [0.2, 0.25) is 0 Å². The quantitative estimate of drug-likeness (QED) is 0.738. The van der Waals surface area contributed by atoms with Gasteiger partial charge < -0.3 is 5.11 Å². The maximum atomic E-state index is 10.1. The van der Waals surface area contributed by atoms with E-state index in [4.69, 9.17) is 39.9 Å². The van der Waals surface area contributed by atoms with Gasteiger partial charge in [0.25, 0.3) is 0 Å². The van der Waals surface area contributed by atoms with E-state index in [2.05, 4.69) is 0 Å². The summed E-state index contributed by atoms with van der Waals surface area (Å²) < 4.78 is -0.943. The minimum Gasteiger partial charge on any atom is -0.481 e. The molecule has 11 heavy (non-hydrogen) atoms. The number of carboxylic acid groups (broad SMARTS) is 1. The van der Waals surface area contributed by atoms with E-state index in [1.165, 1.54) is 0 Å². The third-order valence-electron chi connectivity index (χ3n) is 0.976. The van der Waals surface area contributed by atoms with Crippen LogP contribution in [0.5, 0.6) is 0 Å². The average Bonchev–Trinajstić information content (AvgIpc) is 1.53. The van der Waals surface area contributed by atoms with Crippen molar-refractivity contribution in [3.63, 3.8) is 0 Å². The van der Waals surface area contributed by atoms with Crippen LogP contribution in [0.15, 0.2) is 0 Å². The Bertz CT molecular complexity index is 141. The number of aliphatic carboxylic acids is 1. The topological polar surface area (TPSA) is 37.3 Å². The summed E-state index contributed by atoms with van der Waals surface area (Å²) in [5.41, 5.74) is 0. The first-order chi connectivity index (χ1) is 4.81. The molecule has 0 amide bonds. The Morgan fingerprint density at radius 1 is 1.64 bits per heavy atom. The zero-order valence-electron chi connectivity index (χ0n) is 5.98. The maximum absolute atomic E-state index is 10.1. The van der Waals surface area contributed by atoms with Gasteiger partial charge >= 0.3 is 5.97 Å². The highest BCUT2D eigenvalue weighted by Gasteiger charge is 2.22. The molecule has 1 N–H and O–H groups in total. The molecule has 0 spiro atoms. The number of carboxylic acids is 1. The Labute approximate surface area is 80.4 Å². The van der Waals surface area contributed by atoms with Crippen molar-refractivity contribution in [1.29, 1.82) is 0 Å². The second-order valence-corrected chi connectivity index (χ2v) is 4.95. The molecule has 0 saturated heterocycles. The third-order valence-corrected chi connectivity index (χ3v) is 1.59. The molecule has 2 nitrogen and oxygen atoms in total. The molecule has 0 aromatic rings. The van der Waals surface area contributed by atoms with Gasteiger partial charge in [0.15, 0.2) is 0 Å². The Balaban J connectivity index is 3.69. The number of carbonyl (C=O) groups is 1. The second kappa shape index (κ2) is 4.39. The molecule has 0 aliphatic rings. The van der Waals surface area contributed by atoms with E-state index in [-0.39, 0.29) is 12.8 Å². The molecule has 0 radical (unpaired) electrons. The number of hydrogen-bond donors (Lipinski definition) is 1. The van der Waals surface area contributed by atoms with Gasteiger partial charge in [0.2, 0.25) is 0 Å². The van der Waals surface area contributed by atoms with E-state index in [1.54, 1.807) is 6.92 Å². The molecule has 5 heteroatoms. The summed E-state index contributed by atoms with van der Waals surface area (Å²) in [5.74, 6) is -0.942. The number of halogens is 3. The summed E-state index contributed by atoms with van der Waals surface area (Å²) in [6, 6.07) is 0. The van der Waals surface area contributed by atoms with Crippen LogP contribution in [0.3, 0.4) is 0 Å². The normalized spacial score (nSPS) is 14.5. The van der Waals surface area contributed by atoms with E-state index in [1.807, 2.05) is 0 Å². The van der Waals surface area contributed by atoms with E-state index in [0.29, 0.717) is 0 Å². The van der Waals surface area contributed by atoms with E-state index < -0.39 is 15.7 Å². The van der Waals surface area contributed by atoms with Crippen molar-refractivity contribution in [3.8, 4) is 0 Å². The summed E-state index contributed by atoms with van der Waals surface area (Å²) in [6.45, 7) is 1.58. The molecule has 0 bridgehead atoms. The van der Waals surface area contributed by atoms with Crippen LogP contribution in [-0.4, -0.2) is 20.8 Å². The zero-order valence-corrected chi connectivity index (χ0v) is 8.25. The van der Waals surface area contributed by atoms with Crippen molar-refractivity contribution in [2.75, 3.05) is 0 Å². The van der Waals surface area contributed by atoms with Crippen LogP contribution >= 0.6 is 34.8 Å². The fourth-order valence-corrected chi connectivity index (χ4v) is 1.62. The lowest BCUT2D eigenvalue weighted by Gasteiger charge is -2.15. The van der Waals surface area contributed by atoms with Crippen molar-refractivity contribution in [1.82, 2.24) is 0 Å². The molecule has 1 atom stereocenters. The summed E-state index contributed by atoms with van der Waals surface area (Å²) in [4.78, 5) is 10.1. The largest absolute Gasteiger partial charge is 0.481 e. The molecular formula is C6H9Cl3O2. The lowest BCUT2D eigenvalue weighted by Crippen LogP contribution is -2.17. The van der Waals surface area contributed by atoms with Gasteiger partial charge in [0.05, 0.1) is 6.42 Å². The Hall–Kier alpha value is 0.340. The SMILES string of the molecule is CC(Cl)(Cl)CC(Cl)CC(=O)O. The van der Waals surface area contributed by atoms with Crippen LogP contribution in [0.4, 0.5) is 0 Å². The summed E-state index contributed by atoms with van der Waals surface area (Å²) >= 11 is 16.8. The zero-order chi connectivity index (χ0) is 9.07. The highest BCUT2D eigenvalue weighted by atomic mass is 35.5. The monoisotopic (exact) mass is 218 g/mol. The van der Waals surface area contributed by atoms with Gasteiger partial charge in [-0.05, 0) is 13.3 Å². The van der Waals surface area contributed by atoms with Gasteiger partial charge in [-0.3, -0.25) is 4.79 Å². The second-order valence-electron chi connectivity index (χ2n) is 2.47.